The second-order valence-corrected chi connectivity index (χ2v) is 3.20. The van der Waals surface area contributed by atoms with Crippen molar-refractivity contribution in [3.05, 3.63) is 23.3 Å². The standard InChI is InChI=1S/C10H10O4/c1-6-2-8-9(14-5-13-8)3-7(6)4-10(11)12/h2-3H,4-5H2,1H3,(H,11,12). The molecule has 1 aliphatic heterocycles. The zero-order chi connectivity index (χ0) is 10.1. The van der Waals surface area contributed by atoms with E-state index >= 15 is 0 Å². The predicted octanol–water partition coefficient (Wildman–Crippen LogP) is 1.35. The molecule has 1 aliphatic rings. The van der Waals surface area contributed by atoms with Gasteiger partial charge in [0.2, 0.25) is 6.79 Å². The van der Waals surface area contributed by atoms with E-state index in [1.807, 2.05) is 6.92 Å². The largest absolute Gasteiger partial charge is 0.481 e. The van der Waals surface area contributed by atoms with Crippen LogP contribution in [-0.2, 0) is 11.2 Å². The number of hydrogen-bond donors (Lipinski definition) is 1. The summed E-state index contributed by atoms with van der Waals surface area (Å²) in [5, 5.41) is 8.67. The highest BCUT2D eigenvalue weighted by Crippen LogP contribution is 2.34. The van der Waals surface area contributed by atoms with Crippen LogP contribution in [-0.4, -0.2) is 17.9 Å². The van der Waals surface area contributed by atoms with Gasteiger partial charge in [0.25, 0.3) is 0 Å². The number of rotatable bonds is 2. The highest BCUT2D eigenvalue weighted by molar-refractivity contribution is 5.71. The molecule has 1 heterocycles. The first-order valence-electron chi connectivity index (χ1n) is 4.28. The number of carboxylic acid groups (broad SMARTS) is 1. The third-order valence-electron chi connectivity index (χ3n) is 2.17. The molecule has 0 bridgehead atoms. The first-order valence-corrected chi connectivity index (χ1v) is 4.28. The molecule has 0 amide bonds. The van der Waals surface area contributed by atoms with E-state index in [1.165, 1.54) is 0 Å². The highest BCUT2D eigenvalue weighted by atomic mass is 16.7. The number of carbonyl (C=O) groups is 1. The Kier molecular flexibility index (Phi) is 2.04. The van der Waals surface area contributed by atoms with E-state index in [9.17, 15) is 4.79 Å². The van der Waals surface area contributed by atoms with Gasteiger partial charge in [0, 0.05) is 0 Å². The van der Waals surface area contributed by atoms with Crippen molar-refractivity contribution in [2.75, 3.05) is 6.79 Å². The van der Waals surface area contributed by atoms with Gasteiger partial charge in [-0.25, -0.2) is 0 Å². The summed E-state index contributed by atoms with van der Waals surface area (Å²) in [6.07, 6.45) is 0.0163. The summed E-state index contributed by atoms with van der Waals surface area (Å²) in [5.74, 6) is 0.482. The highest BCUT2D eigenvalue weighted by Gasteiger charge is 2.16. The maximum absolute atomic E-state index is 10.5. The van der Waals surface area contributed by atoms with Gasteiger partial charge < -0.3 is 14.6 Å². The molecule has 0 aromatic heterocycles. The minimum absolute atomic E-state index is 0.0163. The van der Waals surface area contributed by atoms with Crippen LogP contribution in [0.15, 0.2) is 12.1 Å². The molecule has 0 radical (unpaired) electrons. The van der Waals surface area contributed by atoms with Gasteiger partial charge in [-0.3, -0.25) is 4.79 Å². The summed E-state index contributed by atoms with van der Waals surface area (Å²) in [4.78, 5) is 10.5. The van der Waals surface area contributed by atoms with Gasteiger partial charge in [0.05, 0.1) is 6.42 Å². The van der Waals surface area contributed by atoms with Crippen LogP contribution in [0.5, 0.6) is 11.5 Å². The molecule has 0 saturated heterocycles. The number of hydrogen-bond acceptors (Lipinski definition) is 3. The lowest BCUT2D eigenvalue weighted by Gasteiger charge is -2.04. The maximum Gasteiger partial charge on any atom is 0.307 e. The van der Waals surface area contributed by atoms with Crippen LogP contribution in [0.25, 0.3) is 0 Å². The normalized spacial score (nSPS) is 12.9. The van der Waals surface area contributed by atoms with Crippen molar-refractivity contribution >= 4 is 5.97 Å². The lowest BCUT2D eigenvalue weighted by atomic mass is 10.1. The van der Waals surface area contributed by atoms with Gasteiger partial charge in [0.15, 0.2) is 11.5 Å². The van der Waals surface area contributed by atoms with Crippen LogP contribution >= 0.6 is 0 Å². The number of fused-ring (bicyclic) bond motifs is 1. The summed E-state index contributed by atoms with van der Waals surface area (Å²) in [5.41, 5.74) is 1.68. The van der Waals surface area contributed by atoms with Crippen molar-refractivity contribution in [3.8, 4) is 11.5 Å². The van der Waals surface area contributed by atoms with Gasteiger partial charge >= 0.3 is 5.97 Å². The van der Waals surface area contributed by atoms with Crippen LogP contribution < -0.4 is 9.47 Å². The minimum atomic E-state index is -0.841. The van der Waals surface area contributed by atoms with E-state index in [0.717, 1.165) is 11.1 Å². The van der Waals surface area contributed by atoms with E-state index in [-0.39, 0.29) is 13.2 Å². The van der Waals surface area contributed by atoms with Crippen LogP contribution in [0, 0.1) is 6.92 Å². The first kappa shape index (κ1) is 8.87. The molecule has 4 heteroatoms. The van der Waals surface area contributed by atoms with Gasteiger partial charge in [-0.05, 0) is 30.2 Å². The van der Waals surface area contributed by atoms with Crippen LogP contribution in [0.4, 0.5) is 0 Å². The average molecular weight is 194 g/mol. The number of benzene rings is 1. The smallest absolute Gasteiger partial charge is 0.307 e. The lowest BCUT2D eigenvalue weighted by molar-refractivity contribution is -0.136. The summed E-state index contributed by atoms with van der Waals surface area (Å²) >= 11 is 0. The summed E-state index contributed by atoms with van der Waals surface area (Å²) in [7, 11) is 0. The molecule has 2 rings (SSSR count). The van der Waals surface area contributed by atoms with Crippen molar-refractivity contribution in [1.82, 2.24) is 0 Å². The van der Waals surface area contributed by atoms with Gasteiger partial charge in [-0.1, -0.05) is 0 Å². The van der Waals surface area contributed by atoms with E-state index in [0.29, 0.717) is 11.5 Å². The third kappa shape index (κ3) is 1.51. The minimum Gasteiger partial charge on any atom is -0.481 e. The topological polar surface area (TPSA) is 55.8 Å². The molecule has 1 N–H and O–H groups in total. The van der Waals surface area contributed by atoms with E-state index < -0.39 is 5.97 Å². The molecule has 0 spiro atoms. The van der Waals surface area contributed by atoms with Crippen LogP contribution in [0.2, 0.25) is 0 Å². The van der Waals surface area contributed by atoms with E-state index in [4.69, 9.17) is 14.6 Å². The SMILES string of the molecule is Cc1cc2c(cc1CC(=O)O)OCO2. The average Bonchev–Trinajstić information content (AvgIpc) is 2.51. The fourth-order valence-electron chi connectivity index (χ4n) is 1.44. The Hall–Kier alpha value is -1.71. The molecule has 0 aliphatic carbocycles. The van der Waals surface area contributed by atoms with Gasteiger partial charge in [-0.15, -0.1) is 0 Å². The molecule has 4 nitrogen and oxygen atoms in total. The molecule has 0 unspecified atom stereocenters. The zero-order valence-electron chi connectivity index (χ0n) is 7.74. The Morgan fingerprint density at radius 1 is 1.43 bits per heavy atom. The summed E-state index contributed by atoms with van der Waals surface area (Å²) in [6, 6.07) is 3.53. The predicted molar refractivity (Wildman–Crippen MR) is 48.6 cm³/mol. The van der Waals surface area contributed by atoms with Gasteiger partial charge in [-0.2, -0.15) is 0 Å². The Morgan fingerprint density at radius 2 is 2.07 bits per heavy atom. The first-order chi connectivity index (χ1) is 6.66. The van der Waals surface area contributed by atoms with E-state index in [2.05, 4.69) is 0 Å². The summed E-state index contributed by atoms with van der Waals surface area (Å²) in [6.45, 7) is 2.07. The second kappa shape index (κ2) is 3.21. The van der Waals surface area contributed by atoms with E-state index in [1.54, 1.807) is 12.1 Å². The lowest BCUT2D eigenvalue weighted by Crippen LogP contribution is -2.01. The van der Waals surface area contributed by atoms with Crippen molar-refractivity contribution in [1.29, 1.82) is 0 Å². The Morgan fingerprint density at radius 3 is 2.71 bits per heavy atom. The van der Waals surface area contributed by atoms with Crippen molar-refractivity contribution in [2.45, 2.75) is 13.3 Å². The number of aliphatic carboxylic acids is 1. The van der Waals surface area contributed by atoms with Gasteiger partial charge in [0.1, 0.15) is 0 Å². The van der Waals surface area contributed by atoms with Crippen LogP contribution in [0.1, 0.15) is 11.1 Å². The number of ether oxygens (including phenoxy) is 2. The molecular weight excluding hydrogens is 184 g/mol. The Labute approximate surface area is 81.1 Å². The molecule has 74 valence electrons. The second-order valence-electron chi connectivity index (χ2n) is 3.20. The summed E-state index contributed by atoms with van der Waals surface area (Å²) < 4.78 is 10.3. The third-order valence-corrected chi connectivity index (χ3v) is 2.17. The molecule has 0 saturated carbocycles. The molecular formula is C10H10O4. The molecule has 0 atom stereocenters. The zero-order valence-corrected chi connectivity index (χ0v) is 7.74. The maximum atomic E-state index is 10.5. The monoisotopic (exact) mass is 194 g/mol. The fraction of sp³-hybridized carbons (Fsp3) is 0.300. The Balaban J connectivity index is 2.37. The Bertz CT molecular complexity index is 384. The quantitative estimate of drug-likeness (QED) is 0.772. The molecule has 1 aromatic rings. The number of carboxylic acids is 1. The molecule has 0 fully saturated rings. The number of aryl methyl sites for hydroxylation is 1. The fourth-order valence-corrected chi connectivity index (χ4v) is 1.44. The van der Waals surface area contributed by atoms with Crippen molar-refractivity contribution in [2.24, 2.45) is 0 Å². The molecule has 1 aromatic carbocycles. The van der Waals surface area contributed by atoms with Crippen molar-refractivity contribution in [3.63, 3.8) is 0 Å². The van der Waals surface area contributed by atoms with Crippen LogP contribution in [0.3, 0.4) is 0 Å². The van der Waals surface area contributed by atoms with Crippen molar-refractivity contribution < 1.29 is 19.4 Å². The molecule has 14 heavy (non-hydrogen) atoms.